The summed E-state index contributed by atoms with van der Waals surface area (Å²) in [5.41, 5.74) is 0.827. The van der Waals surface area contributed by atoms with Gasteiger partial charge in [0.05, 0.1) is 16.0 Å². The Labute approximate surface area is 216 Å². The molecular formula is C27H30N6O3S. The van der Waals surface area contributed by atoms with E-state index in [1.165, 1.54) is 10.2 Å². The number of nitrogens with one attached hydrogen (secondary N) is 2. The van der Waals surface area contributed by atoms with Crippen molar-refractivity contribution in [3.63, 3.8) is 0 Å². The minimum atomic E-state index is -3.84. The maximum atomic E-state index is 13.3. The van der Waals surface area contributed by atoms with Crippen LogP contribution in [0.25, 0.3) is 10.9 Å². The highest BCUT2D eigenvalue weighted by Gasteiger charge is 2.27. The van der Waals surface area contributed by atoms with Crippen molar-refractivity contribution in [3.8, 4) is 0 Å². The Morgan fingerprint density at radius 3 is 2.35 bits per heavy atom. The number of carbonyl (C=O) groups is 1. The summed E-state index contributed by atoms with van der Waals surface area (Å²) in [6.07, 6.45) is 6.51. The summed E-state index contributed by atoms with van der Waals surface area (Å²) in [5, 5.41) is 7.14. The lowest BCUT2D eigenvalue weighted by atomic mass is 9.91. The van der Waals surface area contributed by atoms with Crippen molar-refractivity contribution in [3.05, 3.63) is 78.6 Å². The molecule has 0 spiro atoms. The first kappa shape index (κ1) is 24.8. The van der Waals surface area contributed by atoms with Gasteiger partial charge in [-0.25, -0.2) is 17.4 Å². The third kappa shape index (κ3) is 5.15. The summed E-state index contributed by atoms with van der Waals surface area (Å²) in [6, 6.07) is 17.4. The number of hydrogen-bond donors (Lipinski definition) is 2. The predicted molar refractivity (Wildman–Crippen MR) is 144 cm³/mol. The van der Waals surface area contributed by atoms with E-state index in [1.807, 2.05) is 31.1 Å². The molecule has 192 valence electrons. The van der Waals surface area contributed by atoms with Gasteiger partial charge in [-0.1, -0.05) is 36.4 Å². The molecule has 0 aliphatic heterocycles. The van der Waals surface area contributed by atoms with E-state index in [4.69, 9.17) is 0 Å². The van der Waals surface area contributed by atoms with Crippen molar-refractivity contribution in [2.24, 2.45) is 0 Å². The molecule has 1 aliphatic carbocycles. The molecule has 0 unspecified atom stereocenters. The average molecular weight is 519 g/mol. The molecular weight excluding hydrogens is 488 g/mol. The van der Waals surface area contributed by atoms with Gasteiger partial charge < -0.3 is 15.5 Å². The first-order valence-electron chi connectivity index (χ1n) is 12.3. The summed E-state index contributed by atoms with van der Waals surface area (Å²) in [4.78, 5) is 24.3. The maximum absolute atomic E-state index is 13.3. The van der Waals surface area contributed by atoms with E-state index in [0.29, 0.717) is 22.4 Å². The molecule has 0 bridgehead atoms. The van der Waals surface area contributed by atoms with E-state index in [2.05, 4.69) is 20.6 Å². The Balaban J connectivity index is 1.28. The van der Waals surface area contributed by atoms with Gasteiger partial charge in [-0.3, -0.25) is 4.79 Å². The maximum Gasteiger partial charge on any atom is 0.268 e. The molecule has 2 N–H and O–H groups in total. The van der Waals surface area contributed by atoms with Gasteiger partial charge in [0.2, 0.25) is 5.95 Å². The fourth-order valence-corrected chi connectivity index (χ4v) is 6.12. The van der Waals surface area contributed by atoms with Crippen LogP contribution in [-0.4, -0.2) is 54.4 Å². The minimum absolute atomic E-state index is 0.00687. The van der Waals surface area contributed by atoms with Gasteiger partial charge in [-0.05, 0) is 49.9 Å². The molecule has 4 aromatic rings. The van der Waals surface area contributed by atoms with E-state index in [-0.39, 0.29) is 22.9 Å². The van der Waals surface area contributed by atoms with Gasteiger partial charge in [0, 0.05) is 44.0 Å². The number of anilines is 2. The van der Waals surface area contributed by atoms with Crippen LogP contribution in [0.2, 0.25) is 0 Å². The first-order chi connectivity index (χ1) is 17.8. The third-order valence-corrected chi connectivity index (χ3v) is 8.41. The fourth-order valence-electron chi connectivity index (χ4n) is 4.73. The molecule has 0 atom stereocenters. The molecule has 37 heavy (non-hydrogen) atoms. The van der Waals surface area contributed by atoms with Gasteiger partial charge in [0.15, 0.2) is 0 Å². The van der Waals surface area contributed by atoms with Crippen molar-refractivity contribution in [1.82, 2.24) is 19.3 Å². The second-order valence-corrected chi connectivity index (χ2v) is 11.3. The topological polar surface area (TPSA) is 109 Å². The largest absolute Gasteiger partial charge is 0.363 e. The smallest absolute Gasteiger partial charge is 0.268 e. The third-order valence-electron chi connectivity index (χ3n) is 6.72. The highest BCUT2D eigenvalue weighted by Crippen LogP contribution is 2.27. The van der Waals surface area contributed by atoms with E-state index >= 15 is 0 Å². The fraction of sp³-hybridized carbons (Fsp3) is 0.296. The molecule has 2 aromatic carbocycles. The molecule has 10 heteroatoms. The number of amides is 1. The molecule has 0 radical (unpaired) electrons. The lowest BCUT2D eigenvalue weighted by molar-refractivity contribution is 0.0928. The standard InChI is InChI=1S/C27H30N6O3S/c1-32(2)25-16-17-28-27(31-25)30-20-14-12-19(13-15-20)29-26(34)23-18-33(24-11-7-6-10-22(23)24)37(35,36)21-8-4-3-5-9-21/h3-11,16-20H,12-15H2,1-2H3,(H,29,34)(H,28,30,31). The van der Waals surface area contributed by atoms with E-state index in [9.17, 15) is 13.2 Å². The van der Waals surface area contributed by atoms with Crippen LogP contribution in [0, 0.1) is 0 Å². The lowest BCUT2D eigenvalue weighted by Crippen LogP contribution is -2.40. The van der Waals surface area contributed by atoms with Crippen molar-refractivity contribution < 1.29 is 13.2 Å². The molecule has 1 aliphatic rings. The van der Waals surface area contributed by atoms with Gasteiger partial charge in [0.25, 0.3) is 15.9 Å². The number of fused-ring (bicyclic) bond motifs is 1. The van der Waals surface area contributed by atoms with Crippen LogP contribution >= 0.6 is 0 Å². The van der Waals surface area contributed by atoms with Crippen molar-refractivity contribution >= 4 is 38.6 Å². The number of carbonyl (C=O) groups excluding carboxylic acids is 1. The van der Waals surface area contributed by atoms with E-state index in [1.54, 1.807) is 54.7 Å². The summed E-state index contributed by atoms with van der Waals surface area (Å²) in [7, 11) is 0.0346. The van der Waals surface area contributed by atoms with Crippen LogP contribution in [-0.2, 0) is 10.0 Å². The Bertz CT molecular complexity index is 1510. The average Bonchev–Trinajstić information content (AvgIpc) is 3.31. The van der Waals surface area contributed by atoms with Crippen LogP contribution in [0.5, 0.6) is 0 Å². The van der Waals surface area contributed by atoms with E-state index in [0.717, 1.165) is 31.5 Å². The molecule has 9 nitrogen and oxygen atoms in total. The Morgan fingerprint density at radius 1 is 0.946 bits per heavy atom. The van der Waals surface area contributed by atoms with Crippen LogP contribution in [0.15, 0.2) is 78.0 Å². The van der Waals surface area contributed by atoms with Crippen molar-refractivity contribution in [2.75, 3.05) is 24.3 Å². The number of rotatable bonds is 7. The van der Waals surface area contributed by atoms with Crippen molar-refractivity contribution in [1.29, 1.82) is 0 Å². The molecule has 0 saturated heterocycles. The number of nitrogens with zero attached hydrogens (tertiary/aromatic N) is 4. The summed E-state index contributed by atoms with van der Waals surface area (Å²) in [6.45, 7) is 0. The van der Waals surface area contributed by atoms with Crippen LogP contribution in [0.4, 0.5) is 11.8 Å². The van der Waals surface area contributed by atoms with Gasteiger partial charge in [-0.2, -0.15) is 4.98 Å². The quantitative estimate of drug-likeness (QED) is 0.382. The van der Waals surface area contributed by atoms with Crippen molar-refractivity contribution in [2.45, 2.75) is 42.7 Å². The molecule has 5 rings (SSSR count). The second kappa shape index (κ2) is 10.2. The summed E-state index contributed by atoms with van der Waals surface area (Å²) >= 11 is 0. The second-order valence-electron chi connectivity index (χ2n) is 9.47. The predicted octanol–water partition coefficient (Wildman–Crippen LogP) is 3.89. The zero-order valence-corrected chi connectivity index (χ0v) is 21.6. The summed E-state index contributed by atoms with van der Waals surface area (Å²) in [5.74, 6) is 1.18. The van der Waals surface area contributed by atoms with E-state index < -0.39 is 10.0 Å². The minimum Gasteiger partial charge on any atom is -0.363 e. The Kier molecular flexibility index (Phi) is 6.84. The van der Waals surface area contributed by atoms with Gasteiger partial charge in [-0.15, -0.1) is 0 Å². The monoisotopic (exact) mass is 518 g/mol. The summed E-state index contributed by atoms with van der Waals surface area (Å²) < 4.78 is 27.9. The van der Waals surface area contributed by atoms with Gasteiger partial charge >= 0.3 is 0 Å². The Hall–Kier alpha value is -3.92. The highest BCUT2D eigenvalue weighted by molar-refractivity contribution is 7.90. The zero-order valence-electron chi connectivity index (χ0n) is 20.8. The molecule has 2 aromatic heterocycles. The normalized spacial score (nSPS) is 17.9. The number of para-hydroxylation sites is 1. The SMILES string of the molecule is CN(C)c1ccnc(NC2CCC(NC(=O)c3cn(S(=O)(=O)c4ccccc4)c4ccccc34)CC2)n1. The number of aromatic nitrogens is 3. The number of hydrogen-bond acceptors (Lipinski definition) is 7. The van der Waals surface area contributed by atoms with Crippen LogP contribution in [0.3, 0.4) is 0 Å². The lowest BCUT2D eigenvalue weighted by Gasteiger charge is -2.29. The Morgan fingerprint density at radius 2 is 1.62 bits per heavy atom. The number of benzene rings is 2. The van der Waals surface area contributed by atoms with Crippen LogP contribution in [0.1, 0.15) is 36.0 Å². The van der Waals surface area contributed by atoms with Crippen LogP contribution < -0.4 is 15.5 Å². The molecule has 1 fully saturated rings. The highest BCUT2D eigenvalue weighted by atomic mass is 32.2. The molecule has 1 saturated carbocycles. The molecule has 2 heterocycles. The zero-order chi connectivity index (χ0) is 26.0. The first-order valence-corrected chi connectivity index (χ1v) is 13.8. The molecule has 1 amide bonds. The van der Waals surface area contributed by atoms with Gasteiger partial charge in [0.1, 0.15) is 5.82 Å².